The maximum atomic E-state index is 12.1. The van der Waals surface area contributed by atoms with Crippen LogP contribution in [0.15, 0.2) is 46.9 Å². The number of nitrogens with one attached hydrogen (secondary N) is 1. The Kier molecular flexibility index (Phi) is 5.04. The Morgan fingerprint density at radius 3 is 2.60 bits per heavy atom. The predicted molar refractivity (Wildman–Crippen MR) is 83.3 cm³/mol. The lowest BCUT2D eigenvalue weighted by Crippen LogP contribution is -2.23. The maximum absolute atomic E-state index is 12.1. The van der Waals surface area contributed by atoms with Crippen LogP contribution in [-0.4, -0.2) is 13.0 Å². The first-order valence-corrected chi connectivity index (χ1v) is 7.13. The average molecular weight is 355 g/mol. The van der Waals surface area contributed by atoms with Crippen molar-refractivity contribution < 1.29 is 9.53 Å². The number of rotatable bonds is 4. The number of hydrogen-bond donors (Lipinski definition) is 1. The zero-order valence-electron chi connectivity index (χ0n) is 10.8. The Morgan fingerprint density at radius 2 is 1.95 bits per heavy atom. The van der Waals surface area contributed by atoms with Gasteiger partial charge >= 0.3 is 0 Å². The normalized spacial score (nSPS) is 10.2. The minimum atomic E-state index is -0.193. The molecule has 0 aliphatic rings. The summed E-state index contributed by atoms with van der Waals surface area (Å²) in [6, 6.07) is 12.7. The second-order valence-electron chi connectivity index (χ2n) is 4.15. The van der Waals surface area contributed by atoms with E-state index in [2.05, 4.69) is 21.2 Å². The van der Waals surface area contributed by atoms with E-state index in [9.17, 15) is 4.79 Å². The average Bonchev–Trinajstić information content (AvgIpc) is 2.46. The fraction of sp³-hybridized carbons (Fsp3) is 0.133. The minimum Gasteiger partial charge on any atom is -0.496 e. The zero-order chi connectivity index (χ0) is 14.5. The molecule has 20 heavy (non-hydrogen) atoms. The quantitative estimate of drug-likeness (QED) is 0.900. The van der Waals surface area contributed by atoms with Crippen molar-refractivity contribution in [1.82, 2.24) is 5.32 Å². The monoisotopic (exact) mass is 353 g/mol. The molecule has 104 valence electrons. The molecule has 0 aliphatic carbocycles. The maximum Gasteiger partial charge on any atom is 0.255 e. The Labute approximate surface area is 131 Å². The number of methoxy groups -OCH3 is 1. The van der Waals surface area contributed by atoms with Crippen molar-refractivity contribution in [2.45, 2.75) is 6.54 Å². The molecule has 0 bridgehead atoms. The van der Waals surface area contributed by atoms with Crippen LogP contribution in [0.1, 0.15) is 15.9 Å². The molecule has 2 aromatic carbocycles. The van der Waals surface area contributed by atoms with Crippen LogP contribution in [0.5, 0.6) is 5.75 Å². The summed E-state index contributed by atoms with van der Waals surface area (Å²) in [6.07, 6.45) is 0. The molecule has 2 rings (SSSR count). The van der Waals surface area contributed by atoms with Crippen molar-refractivity contribution in [2.24, 2.45) is 0 Å². The lowest BCUT2D eigenvalue weighted by atomic mass is 10.1. The molecule has 0 aromatic heterocycles. The SMILES string of the molecule is COc1cc(Cl)ccc1C(=O)NCc1ccc(Br)cc1. The van der Waals surface area contributed by atoms with E-state index >= 15 is 0 Å². The Morgan fingerprint density at radius 1 is 1.25 bits per heavy atom. The minimum absolute atomic E-state index is 0.193. The van der Waals surface area contributed by atoms with E-state index in [1.807, 2.05) is 24.3 Å². The molecule has 0 fully saturated rings. The van der Waals surface area contributed by atoms with Gasteiger partial charge in [0.1, 0.15) is 5.75 Å². The van der Waals surface area contributed by atoms with Crippen molar-refractivity contribution in [1.29, 1.82) is 0 Å². The highest BCUT2D eigenvalue weighted by Gasteiger charge is 2.12. The van der Waals surface area contributed by atoms with Crippen LogP contribution >= 0.6 is 27.5 Å². The van der Waals surface area contributed by atoms with Gasteiger partial charge in [-0.3, -0.25) is 4.79 Å². The third kappa shape index (κ3) is 3.74. The first-order chi connectivity index (χ1) is 9.60. The number of hydrogen-bond acceptors (Lipinski definition) is 2. The molecule has 0 saturated heterocycles. The van der Waals surface area contributed by atoms with Gasteiger partial charge in [0.2, 0.25) is 0 Å². The molecule has 0 saturated carbocycles. The van der Waals surface area contributed by atoms with Crippen LogP contribution in [0.3, 0.4) is 0 Å². The molecule has 0 aliphatic heterocycles. The summed E-state index contributed by atoms with van der Waals surface area (Å²) < 4.78 is 6.17. The van der Waals surface area contributed by atoms with E-state index in [1.54, 1.807) is 18.2 Å². The fourth-order valence-corrected chi connectivity index (χ4v) is 2.16. The van der Waals surface area contributed by atoms with Gasteiger partial charge in [-0.15, -0.1) is 0 Å². The molecular formula is C15H13BrClNO2. The summed E-state index contributed by atoms with van der Waals surface area (Å²) in [5, 5.41) is 3.39. The lowest BCUT2D eigenvalue weighted by Gasteiger charge is -2.09. The van der Waals surface area contributed by atoms with Crippen LogP contribution in [0, 0.1) is 0 Å². The number of benzene rings is 2. The Bertz CT molecular complexity index is 614. The van der Waals surface area contributed by atoms with Gasteiger partial charge in [-0.1, -0.05) is 39.7 Å². The second kappa shape index (κ2) is 6.77. The van der Waals surface area contributed by atoms with Gasteiger partial charge in [0, 0.05) is 16.0 Å². The summed E-state index contributed by atoms with van der Waals surface area (Å²) in [5.74, 6) is 0.271. The molecule has 3 nitrogen and oxygen atoms in total. The topological polar surface area (TPSA) is 38.3 Å². The molecule has 5 heteroatoms. The smallest absolute Gasteiger partial charge is 0.255 e. The number of carbonyl (C=O) groups is 1. The molecule has 2 aromatic rings. The number of amides is 1. The molecule has 0 atom stereocenters. The third-order valence-corrected chi connectivity index (χ3v) is 3.54. The molecule has 0 spiro atoms. The number of ether oxygens (including phenoxy) is 1. The van der Waals surface area contributed by atoms with Gasteiger partial charge in [0.05, 0.1) is 12.7 Å². The number of carbonyl (C=O) groups excluding carboxylic acids is 1. The Balaban J connectivity index is 2.07. The summed E-state index contributed by atoms with van der Waals surface area (Å²) >= 11 is 9.24. The third-order valence-electron chi connectivity index (χ3n) is 2.77. The molecule has 0 unspecified atom stereocenters. The van der Waals surface area contributed by atoms with Gasteiger partial charge in [-0.25, -0.2) is 0 Å². The van der Waals surface area contributed by atoms with Crippen molar-refractivity contribution in [3.05, 3.63) is 63.1 Å². The first kappa shape index (κ1) is 14.9. The largest absolute Gasteiger partial charge is 0.496 e. The van der Waals surface area contributed by atoms with Crippen LogP contribution < -0.4 is 10.1 Å². The summed E-state index contributed by atoms with van der Waals surface area (Å²) in [5.41, 5.74) is 1.49. The van der Waals surface area contributed by atoms with Crippen LogP contribution in [0.2, 0.25) is 5.02 Å². The van der Waals surface area contributed by atoms with Crippen LogP contribution in [0.25, 0.3) is 0 Å². The van der Waals surface area contributed by atoms with Gasteiger partial charge in [0.15, 0.2) is 0 Å². The van der Waals surface area contributed by atoms with Crippen molar-refractivity contribution in [3.63, 3.8) is 0 Å². The standard InChI is InChI=1S/C15H13BrClNO2/c1-20-14-8-12(17)6-7-13(14)15(19)18-9-10-2-4-11(16)5-3-10/h2-8H,9H2,1H3,(H,18,19). The van der Waals surface area contributed by atoms with E-state index < -0.39 is 0 Å². The van der Waals surface area contributed by atoms with E-state index in [1.165, 1.54) is 7.11 Å². The molecule has 0 radical (unpaired) electrons. The summed E-state index contributed by atoms with van der Waals surface area (Å²) in [6.45, 7) is 0.456. The number of halogens is 2. The zero-order valence-corrected chi connectivity index (χ0v) is 13.2. The van der Waals surface area contributed by atoms with Gasteiger partial charge in [0.25, 0.3) is 5.91 Å². The molecular weight excluding hydrogens is 342 g/mol. The summed E-state index contributed by atoms with van der Waals surface area (Å²) in [7, 11) is 1.51. The predicted octanol–water partition coefficient (Wildman–Crippen LogP) is 4.04. The van der Waals surface area contributed by atoms with Crippen LogP contribution in [-0.2, 0) is 6.54 Å². The van der Waals surface area contributed by atoms with Crippen molar-refractivity contribution in [3.8, 4) is 5.75 Å². The lowest BCUT2D eigenvalue weighted by molar-refractivity contribution is 0.0948. The second-order valence-corrected chi connectivity index (χ2v) is 5.51. The highest BCUT2D eigenvalue weighted by Crippen LogP contribution is 2.23. The molecule has 1 amide bonds. The van der Waals surface area contributed by atoms with E-state index in [0.717, 1.165) is 10.0 Å². The highest BCUT2D eigenvalue weighted by molar-refractivity contribution is 9.10. The van der Waals surface area contributed by atoms with Crippen molar-refractivity contribution in [2.75, 3.05) is 7.11 Å². The summed E-state index contributed by atoms with van der Waals surface area (Å²) in [4.78, 5) is 12.1. The van der Waals surface area contributed by atoms with Gasteiger partial charge in [-0.2, -0.15) is 0 Å². The van der Waals surface area contributed by atoms with Gasteiger partial charge < -0.3 is 10.1 Å². The highest BCUT2D eigenvalue weighted by atomic mass is 79.9. The van der Waals surface area contributed by atoms with E-state index in [4.69, 9.17) is 16.3 Å². The molecule has 0 heterocycles. The first-order valence-electron chi connectivity index (χ1n) is 5.96. The van der Waals surface area contributed by atoms with E-state index in [-0.39, 0.29) is 5.91 Å². The fourth-order valence-electron chi connectivity index (χ4n) is 1.73. The van der Waals surface area contributed by atoms with E-state index in [0.29, 0.717) is 22.9 Å². The van der Waals surface area contributed by atoms with Crippen molar-refractivity contribution >= 4 is 33.4 Å². The Hall–Kier alpha value is -1.52. The van der Waals surface area contributed by atoms with Gasteiger partial charge in [-0.05, 0) is 35.9 Å². The van der Waals surface area contributed by atoms with Crippen LogP contribution in [0.4, 0.5) is 0 Å². The molecule has 1 N–H and O–H groups in total.